The third kappa shape index (κ3) is 4.33. The van der Waals surface area contributed by atoms with Crippen molar-refractivity contribution in [2.24, 2.45) is 0 Å². The summed E-state index contributed by atoms with van der Waals surface area (Å²) in [5.41, 5.74) is 0.465. The zero-order valence-corrected chi connectivity index (χ0v) is 10.9. The Morgan fingerprint density at radius 1 is 1.44 bits per heavy atom. The molecule has 0 saturated heterocycles. The number of aliphatic hydroxyl groups excluding tert-OH is 1. The van der Waals surface area contributed by atoms with Gasteiger partial charge < -0.3 is 15.7 Å². The second-order valence-electron chi connectivity index (χ2n) is 4.92. The van der Waals surface area contributed by atoms with E-state index in [2.05, 4.69) is 10.6 Å². The molecule has 0 saturated carbocycles. The van der Waals surface area contributed by atoms with E-state index >= 15 is 0 Å². The third-order valence-corrected chi connectivity index (χ3v) is 2.56. The van der Waals surface area contributed by atoms with Gasteiger partial charge >= 0.3 is 6.03 Å². The fourth-order valence-electron chi connectivity index (χ4n) is 1.54. The standard InChI is InChI=1S/C13H19FN2O2/c1-9-4-5-10(14)11(8-9)15-12(18)16-13(2,3)6-7-17/h4-5,8,17H,6-7H2,1-3H3,(H2,15,16,18). The highest BCUT2D eigenvalue weighted by Crippen LogP contribution is 2.16. The lowest BCUT2D eigenvalue weighted by Crippen LogP contribution is -2.46. The molecule has 1 rings (SSSR count). The molecule has 0 spiro atoms. The molecular formula is C13H19FN2O2. The molecule has 0 aliphatic carbocycles. The molecule has 0 fully saturated rings. The van der Waals surface area contributed by atoms with Crippen molar-refractivity contribution in [2.45, 2.75) is 32.7 Å². The van der Waals surface area contributed by atoms with Crippen LogP contribution in [0.5, 0.6) is 0 Å². The number of hydrogen-bond acceptors (Lipinski definition) is 2. The van der Waals surface area contributed by atoms with Gasteiger partial charge in [0.1, 0.15) is 5.82 Å². The van der Waals surface area contributed by atoms with Gasteiger partial charge in [-0.15, -0.1) is 0 Å². The van der Waals surface area contributed by atoms with Crippen LogP contribution in [0.4, 0.5) is 14.9 Å². The minimum atomic E-state index is -0.543. The number of carbonyl (C=O) groups excluding carboxylic acids is 1. The monoisotopic (exact) mass is 254 g/mol. The van der Waals surface area contributed by atoms with Crippen molar-refractivity contribution in [3.63, 3.8) is 0 Å². The smallest absolute Gasteiger partial charge is 0.319 e. The van der Waals surface area contributed by atoms with Gasteiger partial charge in [0.2, 0.25) is 0 Å². The minimum Gasteiger partial charge on any atom is -0.396 e. The fraction of sp³-hybridized carbons (Fsp3) is 0.462. The first-order valence-electron chi connectivity index (χ1n) is 5.80. The van der Waals surface area contributed by atoms with E-state index in [0.717, 1.165) is 5.56 Å². The average Bonchev–Trinajstić information content (AvgIpc) is 2.22. The van der Waals surface area contributed by atoms with E-state index < -0.39 is 17.4 Å². The van der Waals surface area contributed by atoms with Crippen LogP contribution >= 0.6 is 0 Å². The number of carbonyl (C=O) groups is 1. The van der Waals surface area contributed by atoms with Crippen LogP contribution in [0.25, 0.3) is 0 Å². The number of benzene rings is 1. The normalized spacial score (nSPS) is 11.2. The number of halogens is 1. The third-order valence-electron chi connectivity index (χ3n) is 2.56. The molecule has 0 atom stereocenters. The summed E-state index contributed by atoms with van der Waals surface area (Å²) in [6, 6.07) is 4.02. The average molecular weight is 254 g/mol. The number of aryl methyl sites for hydroxylation is 1. The first-order valence-corrected chi connectivity index (χ1v) is 5.80. The highest BCUT2D eigenvalue weighted by Gasteiger charge is 2.20. The fourth-order valence-corrected chi connectivity index (χ4v) is 1.54. The SMILES string of the molecule is Cc1ccc(F)c(NC(=O)NC(C)(C)CCO)c1. The van der Waals surface area contributed by atoms with E-state index in [-0.39, 0.29) is 12.3 Å². The Balaban J connectivity index is 2.67. The lowest BCUT2D eigenvalue weighted by atomic mass is 10.0. The summed E-state index contributed by atoms with van der Waals surface area (Å²) in [6.07, 6.45) is 0.427. The number of hydrogen-bond donors (Lipinski definition) is 3. The van der Waals surface area contributed by atoms with Crippen LogP contribution in [0.2, 0.25) is 0 Å². The van der Waals surface area contributed by atoms with Crippen LogP contribution in [-0.4, -0.2) is 23.3 Å². The molecule has 18 heavy (non-hydrogen) atoms. The van der Waals surface area contributed by atoms with E-state index in [1.165, 1.54) is 6.07 Å². The molecule has 0 aliphatic rings. The van der Waals surface area contributed by atoms with E-state index in [4.69, 9.17) is 5.11 Å². The molecule has 5 heteroatoms. The maximum absolute atomic E-state index is 13.4. The summed E-state index contributed by atoms with van der Waals surface area (Å²) in [5, 5.41) is 14.0. The lowest BCUT2D eigenvalue weighted by molar-refractivity contribution is 0.218. The predicted molar refractivity (Wildman–Crippen MR) is 69.1 cm³/mol. The van der Waals surface area contributed by atoms with E-state index in [1.807, 2.05) is 6.92 Å². The van der Waals surface area contributed by atoms with Gasteiger partial charge in [-0.25, -0.2) is 9.18 Å². The molecule has 0 heterocycles. The Hall–Kier alpha value is -1.62. The lowest BCUT2D eigenvalue weighted by Gasteiger charge is -2.25. The Morgan fingerprint density at radius 3 is 2.72 bits per heavy atom. The second kappa shape index (κ2) is 5.82. The molecule has 3 N–H and O–H groups in total. The molecule has 0 unspecified atom stereocenters. The highest BCUT2D eigenvalue weighted by molar-refractivity contribution is 5.89. The van der Waals surface area contributed by atoms with Crippen molar-refractivity contribution in [2.75, 3.05) is 11.9 Å². The molecule has 100 valence electrons. The van der Waals surface area contributed by atoms with Crippen molar-refractivity contribution in [3.8, 4) is 0 Å². The maximum atomic E-state index is 13.4. The minimum absolute atomic E-state index is 0.0217. The van der Waals surface area contributed by atoms with E-state index in [9.17, 15) is 9.18 Å². The van der Waals surface area contributed by atoms with Crippen LogP contribution in [0.1, 0.15) is 25.8 Å². The van der Waals surface area contributed by atoms with Crippen LogP contribution < -0.4 is 10.6 Å². The number of aliphatic hydroxyl groups is 1. The second-order valence-corrected chi connectivity index (χ2v) is 4.92. The summed E-state index contributed by atoms with van der Waals surface area (Å²) in [5.74, 6) is -0.476. The number of rotatable bonds is 4. The maximum Gasteiger partial charge on any atom is 0.319 e. The van der Waals surface area contributed by atoms with Gasteiger partial charge in [-0.1, -0.05) is 6.07 Å². The van der Waals surface area contributed by atoms with Crippen molar-refractivity contribution >= 4 is 11.7 Å². The summed E-state index contributed by atoms with van der Waals surface area (Å²) in [7, 11) is 0. The number of amides is 2. The zero-order chi connectivity index (χ0) is 13.8. The van der Waals surface area contributed by atoms with Crippen LogP contribution in [0, 0.1) is 12.7 Å². The van der Waals surface area contributed by atoms with Gasteiger partial charge in [0, 0.05) is 12.1 Å². The Kier molecular flexibility index (Phi) is 4.67. The Labute approximate surface area is 106 Å². The molecule has 1 aromatic rings. The van der Waals surface area contributed by atoms with Gasteiger partial charge in [0.15, 0.2) is 0 Å². The molecule has 2 amide bonds. The van der Waals surface area contributed by atoms with E-state index in [0.29, 0.717) is 6.42 Å². The van der Waals surface area contributed by atoms with Crippen LogP contribution in [0.15, 0.2) is 18.2 Å². The quantitative estimate of drug-likeness (QED) is 0.772. The van der Waals surface area contributed by atoms with Gasteiger partial charge in [-0.05, 0) is 44.9 Å². The van der Waals surface area contributed by atoms with E-state index in [1.54, 1.807) is 26.0 Å². The van der Waals surface area contributed by atoms with Crippen LogP contribution in [0.3, 0.4) is 0 Å². The van der Waals surface area contributed by atoms with Crippen molar-refractivity contribution in [1.29, 1.82) is 0 Å². The molecule has 0 aromatic heterocycles. The van der Waals surface area contributed by atoms with Crippen molar-refractivity contribution in [1.82, 2.24) is 5.32 Å². The molecule has 0 radical (unpaired) electrons. The summed E-state index contributed by atoms with van der Waals surface area (Å²) >= 11 is 0. The summed E-state index contributed by atoms with van der Waals surface area (Å²) in [6.45, 7) is 5.37. The highest BCUT2D eigenvalue weighted by atomic mass is 19.1. The number of nitrogens with one attached hydrogen (secondary N) is 2. The number of anilines is 1. The summed E-state index contributed by atoms with van der Waals surface area (Å²) in [4.78, 5) is 11.7. The van der Waals surface area contributed by atoms with Crippen molar-refractivity contribution in [3.05, 3.63) is 29.6 Å². The molecule has 0 aliphatic heterocycles. The Bertz CT molecular complexity index is 433. The van der Waals surface area contributed by atoms with Gasteiger partial charge in [-0.2, -0.15) is 0 Å². The zero-order valence-electron chi connectivity index (χ0n) is 10.9. The molecule has 1 aromatic carbocycles. The molecule has 0 bridgehead atoms. The topological polar surface area (TPSA) is 61.4 Å². The largest absolute Gasteiger partial charge is 0.396 e. The van der Waals surface area contributed by atoms with Gasteiger partial charge in [0.25, 0.3) is 0 Å². The predicted octanol–water partition coefficient (Wildman–Crippen LogP) is 2.42. The van der Waals surface area contributed by atoms with Crippen molar-refractivity contribution < 1.29 is 14.3 Å². The first-order chi connectivity index (χ1) is 8.34. The van der Waals surface area contributed by atoms with Gasteiger partial charge in [-0.3, -0.25) is 0 Å². The molecular weight excluding hydrogens is 235 g/mol. The number of urea groups is 1. The van der Waals surface area contributed by atoms with Gasteiger partial charge in [0.05, 0.1) is 5.69 Å². The molecule has 4 nitrogen and oxygen atoms in total. The first kappa shape index (κ1) is 14.4. The Morgan fingerprint density at radius 2 is 2.11 bits per heavy atom. The van der Waals surface area contributed by atoms with Crippen LogP contribution in [-0.2, 0) is 0 Å². The summed E-state index contributed by atoms with van der Waals surface area (Å²) < 4.78 is 13.4.